The summed E-state index contributed by atoms with van der Waals surface area (Å²) in [5.41, 5.74) is 2.23. The number of nitrogens with zero attached hydrogens (tertiary/aromatic N) is 3. The first-order valence-corrected chi connectivity index (χ1v) is 5.81. The second-order valence-corrected chi connectivity index (χ2v) is 4.79. The fourth-order valence-electron chi connectivity index (χ4n) is 2.08. The number of carbonyl (C=O) groups excluding carboxylic acids is 1. The fourth-order valence-corrected chi connectivity index (χ4v) is 2.08. The lowest BCUT2D eigenvalue weighted by atomic mass is 10.1. The number of fused-ring (bicyclic) bond motifs is 1. The first kappa shape index (κ1) is 9.90. The normalized spacial score (nSPS) is 20.6. The predicted octanol–water partition coefficient (Wildman–Crippen LogP) is 1.06. The summed E-state index contributed by atoms with van der Waals surface area (Å²) in [6, 6.07) is 0. The molecule has 3 rings (SSSR count). The summed E-state index contributed by atoms with van der Waals surface area (Å²) in [6.07, 6.45) is 4.85. The molecule has 1 saturated carbocycles. The molecular formula is C12H15N3O. The van der Waals surface area contributed by atoms with Crippen molar-refractivity contribution < 1.29 is 4.79 Å². The van der Waals surface area contributed by atoms with Gasteiger partial charge in [0.25, 0.3) is 0 Å². The number of aromatic nitrogens is 2. The average molecular weight is 217 g/mol. The first-order chi connectivity index (χ1) is 7.74. The van der Waals surface area contributed by atoms with E-state index in [9.17, 15) is 4.79 Å². The van der Waals surface area contributed by atoms with Crippen molar-refractivity contribution in [2.45, 2.75) is 25.8 Å². The summed E-state index contributed by atoms with van der Waals surface area (Å²) in [5.74, 6) is 0.770. The molecule has 2 aliphatic rings. The molecular weight excluding hydrogens is 202 g/mol. The molecule has 1 aromatic heterocycles. The van der Waals surface area contributed by atoms with Crippen LogP contribution < -0.4 is 0 Å². The molecule has 4 nitrogen and oxygen atoms in total. The molecule has 1 aromatic rings. The Morgan fingerprint density at radius 2 is 2.31 bits per heavy atom. The quantitative estimate of drug-likeness (QED) is 0.695. The Labute approximate surface area is 94.7 Å². The zero-order valence-corrected chi connectivity index (χ0v) is 9.44. The average Bonchev–Trinajstić information content (AvgIpc) is 3.11. The molecule has 84 valence electrons. The number of hydrogen-bond acceptors (Lipinski definition) is 4. The van der Waals surface area contributed by atoms with Crippen molar-refractivity contribution in [3.8, 4) is 0 Å². The van der Waals surface area contributed by atoms with Crippen LogP contribution in [0.2, 0.25) is 0 Å². The Balaban J connectivity index is 1.91. The summed E-state index contributed by atoms with van der Waals surface area (Å²) in [6.45, 7) is 1.88. The van der Waals surface area contributed by atoms with Crippen molar-refractivity contribution in [1.82, 2.24) is 14.9 Å². The topological polar surface area (TPSA) is 46.1 Å². The number of Topliss-reactive ketones (excluding diaryl/α,β-unsaturated/α-hetero) is 1. The maximum absolute atomic E-state index is 11.8. The minimum Gasteiger partial charge on any atom is -0.300 e. The van der Waals surface area contributed by atoms with Gasteiger partial charge in [0.05, 0.1) is 5.69 Å². The largest absolute Gasteiger partial charge is 0.300 e. The maximum atomic E-state index is 11.8. The lowest BCUT2D eigenvalue weighted by molar-refractivity contribution is 0.0956. The molecule has 2 heterocycles. The highest BCUT2D eigenvalue weighted by Crippen LogP contribution is 2.31. The molecule has 1 fully saturated rings. The Hall–Kier alpha value is -1.29. The van der Waals surface area contributed by atoms with Crippen LogP contribution in [0.5, 0.6) is 0 Å². The highest BCUT2D eigenvalue weighted by atomic mass is 16.1. The van der Waals surface area contributed by atoms with E-state index >= 15 is 0 Å². The minimum atomic E-state index is 0.135. The van der Waals surface area contributed by atoms with Gasteiger partial charge in [0.2, 0.25) is 5.78 Å². The van der Waals surface area contributed by atoms with Crippen LogP contribution in [0.25, 0.3) is 0 Å². The number of ketones is 1. The molecule has 0 unspecified atom stereocenters. The standard InChI is InChI=1S/C12H15N3O/c1-15-5-4-9-6-13-12(14-10(9)7-15)11(16)8-2-3-8/h6,8H,2-5,7H2,1H3. The third kappa shape index (κ3) is 1.73. The van der Waals surface area contributed by atoms with E-state index in [0.29, 0.717) is 5.82 Å². The van der Waals surface area contributed by atoms with E-state index in [1.807, 2.05) is 6.20 Å². The van der Waals surface area contributed by atoms with Gasteiger partial charge in [0.1, 0.15) is 0 Å². The molecule has 0 saturated heterocycles. The maximum Gasteiger partial charge on any atom is 0.203 e. The zero-order valence-electron chi connectivity index (χ0n) is 9.44. The van der Waals surface area contributed by atoms with Gasteiger partial charge in [0.15, 0.2) is 5.82 Å². The van der Waals surface area contributed by atoms with Gasteiger partial charge in [-0.25, -0.2) is 9.97 Å². The molecule has 0 amide bonds. The van der Waals surface area contributed by atoms with Crippen LogP contribution in [0.15, 0.2) is 6.20 Å². The van der Waals surface area contributed by atoms with Gasteiger partial charge < -0.3 is 4.90 Å². The lowest BCUT2D eigenvalue weighted by Gasteiger charge is -2.23. The van der Waals surface area contributed by atoms with E-state index < -0.39 is 0 Å². The molecule has 0 spiro atoms. The van der Waals surface area contributed by atoms with E-state index in [4.69, 9.17) is 0 Å². The Bertz CT molecular complexity index is 440. The number of hydrogen-bond donors (Lipinski definition) is 0. The summed E-state index contributed by atoms with van der Waals surface area (Å²) in [4.78, 5) is 22.7. The Morgan fingerprint density at radius 3 is 3.06 bits per heavy atom. The van der Waals surface area contributed by atoms with E-state index in [1.54, 1.807) is 0 Å². The van der Waals surface area contributed by atoms with Crippen LogP contribution >= 0.6 is 0 Å². The second kappa shape index (κ2) is 3.63. The third-order valence-electron chi connectivity index (χ3n) is 3.31. The van der Waals surface area contributed by atoms with Crippen LogP contribution in [-0.4, -0.2) is 34.2 Å². The highest BCUT2D eigenvalue weighted by Gasteiger charge is 2.32. The molecule has 0 aromatic carbocycles. The van der Waals surface area contributed by atoms with E-state index in [1.165, 1.54) is 5.56 Å². The molecule has 1 aliphatic carbocycles. The zero-order chi connectivity index (χ0) is 11.1. The molecule has 0 radical (unpaired) electrons. The lowest BCUT2D eigenvalue weighted by Crippen LogP contribution is -2.28. The minimum absolute atomic E-state index is 0.135. The molecule has 16 heavy (non-hydrogen) atoms. The van der Waals surface area contributed by atoms with E-state index in [2.05, 4.69) is 21.9 Å². The molecule has 0 N–H and O–H groups in total. The van der Waals surface area contributed by atoms with Crippen molar-refractivity contribution in [2.24, 2.45) is 5.92 Å². The van der Waals surface area contributed by atoms with Crippen LogP contribution in [0.1, 0.15) is 34.7 Å². The van der Waals surface area contributed by atoms with Gasteiger partial charge in [-0.1, -0.05) is 0 Å². The van der Waals surface area contributed by atoms with Gasteiger partial charge >= 0.3 is 0 Å². The van der Waals surface area contributed by atoms with Crippen LogP contribution in [0.3, 0.4) is 0 Å². The van der Waals surface area contributed by atoms with Crippen LogP contribution in [0, 0.1) is 5.92 Å². The third-order valence-corrected chi connectivity index (χ3v) is 3.31. The van der Waals surface area contributed by atoms with Gasteiger partial charge in [-0.3, -0.25) is 4.79 Å². The number of likely N-dealkylation sites (N-methyl/N-ethyl adjacent to an activating group) is 1. The second-order valence-electron chi connectivity index (χ2n) is 4.79. The van der Waals surface area contributed by atoms with E-state index in [0.717, 1.165) is 38.0 Å². The summed E-state index contributed by atoms with van der Waals surface area (Å²) >= 11 is 0. The summed E-state index contributed by atoms with van der Waals surface area (Å²) in [7, 11) is 2.08. The van der Waals surface area contributed by atoms with Gasteiger partial charge in [-0.15, -0.1) is 0 Å². The van der Waals surface area contributed by atoms with Crippen molar-refractivity contribution in [2.75, 3.05) is 13.6 Å². The Morgan fingerprint density at radius 1 is 1.50 bits per heavy atom. The smallest absolute Gasteiger partial charge is 0.203 e. The van der Waals surface area contributed by atoms with Crippen molar-refractivity contribution >= 4 is 5.78 Å². The first-order valence-electron chi connectivity index (χ1n) is 5.81. The van der Waals surface area contributed by atoms with Crippen molar-refractivity contribution in [3.63, 3.8) is 0 Å². The number of rotatable bonds is 2. The summed E-state index contributed by atoms with van der Waals surface area (Å²) in [5, 5.41) is 0. The highest BCUT2D eigenvalue weighted by molar-refractivity contribution is 5.96. The van der Waals surface area contributed by atoms with Gasteiger partial charge in [-0.2, -0.15) is 0 Å². The molecule has 4 heteroatoms. The molecule has 0 bridgehead atoms. The SMILES string of the molecule is CN1CCc2cnc(C(=O)C3CC3)nc2C1. The van der Waals surface area contributed by atoms with Crippen molar-refractivity contribution in [1.29, 1.82) is 0 Å². The number of carbonyl (C=O) groups is 1. The van der Waals surface area contributed by atoms with Gasteiger partial charge in [-0.05, 0) is 31.9 Å². The molecule has 0 atom stereocenters. The Kier molecular flexibility index (Phi) is 2.24. The molecule has 1 aliphatic heterocycles. The van der Waals surface area contributed by atoms with Crippen LogP contribution in [-0.2, 0) is 13.0 Å². The van der Waals surface area contributed by atoms with Crippen LogP contribution in [0.4, 0.5) is 0 Å². The predicted molar refractivity (Wildman–Crippen MR) is 59.1 cm³/mol. The summed E-state index contributed by atoms with van der Waals surface area (Å²) < 4.78 is 0. The van der Waals surface area contributed by atoms with Crippen molar-refractivity contribution in [3.05, 3.63) is 23.3 Å². The van der Waals surface area contributed by atoms with Gasteiger partial charge in [0, 0.05) is 25.2 Å². The fraction of sp³-hybridized carbons (Fsp3) is 0.583. The van der Waals surface area contributed by atoms with E-state index in [-0.39, 0.29) is 11.7 Å². The monoisotopic (exact) mass is 217 g/mol.